The first kappa shape index (κ1) is 63.8. The van der Waals surface area contributed by atoms with E-state index in [0.717, 1.165) is 57.8 Å². The van der Waals surface area contributed by atoms with Crippen LogP contribution in [0.3, 0.4) is 0 Å². The molecule has 0 heterocycles. The number of carbonyl (C=O) groups is 2. The van der Waals surface area contributed by atoms with Crippen LogP contribution in [-0.2, 0) is 14.3 Å². The molecule has 6 heteroatoms. The second-order valence-corrected chi connectivity index (χ2v) is 19.6. The van der Waals surface area contributed by atoms with E-state index in [-0.39, 0.29) is 18.5 Å². The molecule has 0 aliphatic rings. The van der Waals surface area contributed by atoms with Crippen molar-refractivity contribution in [2.75, 3.05) is 13.2 Å². The Hall–Kier alpha value is -2.18. The third kappa shape index (κ3) is 51.2. The quantitative estimate of drug-likeness (QED) is 0.0321. The Morgan fingerprint density at radius 1 is 0.424 bits per heavy atom. The van der Waals surface area contributed by atoms with E-state index in [4.69, 9.17) is 4.74 Å². The molecule has 3 N–H and O–H groups in total. The summed E-state index contributed by atoms with van der Waals surface area (Å²) in [6, 6.07) is -0.634. The fraction of sp³-hybridized carbons (Fsp3) is 0.833. The Kier molecular flexibility index (Phi) is 53.6. The van der Waals surface area contributed by atoms with E-state index in [9.17, 15) is 19.8 Å². The highest BCUT2D eigenvalue weighted by molar-refractivity contribution is 5.76. The summed E-state index contributed by atoms with van der Waals surface area (Å²) in [6.07, 6.45) is 69.9. The van der Waals surface area contributed by atoms with Crippen LogP contribution in [0.5, 0.6) is 0 Å². The molecule has 0 aliphatic carbocycles. The van der Waals surface area contributed by atoms with E-state index in [1.807, 2.05) is 6.08 Å². The van der Waals surface area contributed by atoms with Crippen molar-refractivity contribution in [2.45, 2.75) is 309 Å². The highest BCUT2D eigenvalue weighted by Gasteiger charge is 2.18. The molecule has 0 bridgehead atoms. The summed E-state index contributed by atoms with van der Waals surface area (Å²) in [5, 5.41) is 23.0. The van der Waals surface area contributed by atoms with Crippen LogP contribution in [0.1, 0.15) is 296 Å². The van der Waals surface area contributed by atoms with Gasteiger partial charge in [-0.05, 0) is 89.9 Å². The van der Waals surface area contributed by atoms with Crippen molar-refractivity contribution in [3.63, 3.8) is 0 Å². The van der Waals surface area contributed by atoms with Gasteiger partial charge < -0.3 is 20.3 Å². The molecule has 2 unspecified atom stereocenters. The molecule has 0 saturated carbocycles. The number of aliphatic hydroxyl groups is 2. The second-order valence-electron chi connectivity index (χ2n) is 19.6. The maximum Gasteiger partial charge on any atom is 0.305 e. The van der Waals surface area contributed by atoms with Gasteiger partial charge >= 0.3 is 5.97 Å². The van der Waals surface area contributed by atoms with Crippen LogP contribution in [0.2, 0.25) is 0 Å². The molecule has 0 spiro atoms. The first-order valence-corrected chi connectivity index (χ1v) is 28.9. The number of amides is 1. The lowest BCUT2D eigenvalue weighted by atomic mass is 10.0. The summed E-state index contributed by atoms with van der Waals surface area (Å²) in [6.45, 7) is 4.85. The molecule has 6 nitrogen and oxygen atoms in total. The lowest BCUT2D eigenvalue weighted by Gasteiger charge is -2.20. The largest absolute Gasteiger partial charge is 0.466 e. The number of aliphatic hydroxyl groups excluding tert-OH is 2. The molecule has 0 fully saturated rings. The van der Waals surface area contributed by atoms with Crippen molar-refractivity contribution in [3.05, 3.63) is 48.6 Å². The molecule has 66 heavy (non-hydrogen) atoms. The second kappa shape index (κ2) is 55.4. The average molecular weight is 927 g/mol. The van der Waals surface area contributed by atoms with Crippen molar-refractivity contribution >= 4 is 11.9 Å². The van der Waals surface area contributed by atoms with Crippen LogP contribution in [0.4, 0.5) is 0 Å². The molecule has 0 aromatic rings. The molecule has 0 radical (unpaired) electrons. The summed E-state index contributed by atoms with van der Waals surface area (Å²) >= 11 is 0. The van der Waals surface area contributed by atoms with Crippen molar-refractivity contribution < 1.29 is 24.5 Å². The summed E-state index contributed by atoms with van der Waals surface area (Å²) < 4.78 is 5.48. The van der Waals surface area contributed by atoms with Crippen LogP contribution >= 0.6 is 0 Å². The van der Waals surface area contributed by atoms with Crippen molar-refractivity contribution in [1.82, 2.24) is 5.32 Å². The average Bonchev–Trinajstić information content (AvgIpc) is 3.32. The molecular weight excluding hydrogens is 815 g/mol. The molecule has 0 rings (SSSR count). The Morgan fingerprint density at radius 3 is 1.20 bits per heavy atom. The minimum atomic E-state index is -0.849. The van der Waals surface area contributed by atoms with Crippen LogP contribution < -0.4 is 5.32 Å². The number of carbonyl (C=O) groups excluding carboxylic acids is 2. The molecule has 0 aromatic heterocycles. The Bertz CT molecular complexity index is 1110. The fourth-order valence-corrected chi connectivity index (χ4v) is 8.60. The normalized spacial score (nSPS) is 13.0. The van der Waals surface area contributed by atoms with Gasteiger partial charge in [0.05, 0.1) is 25.4 Å². The van der Waals surface area contributed by atoms with Gasteiger partial charge in [0.1, 0.15) is 0 Å². The zero-order valence-corrected chi connectivity index (χ0v) is 43.9. The zero-order chi connectivity index (χ0) is 47.9. The number of nitrogens with one attached hydrogen (secondary N) is 1. The molecule has 0 saturated heterocycles. The number of hydrogen-bond acceptors (Lipinski definition) is 5. The minimum Gasteiger partial charge on any atom is -0.466 e. The topological polar surface area (TPSA) is 95.9 Å². The third-order valence-electron chi connectivity index (χ3n) is 13.1. The Morgan fingerprint density at radius 2 is 0.758 bits per heavy atom. The summed E-state index contributed by atoms with van der Waals surface area (Å²) in [5.41, 5.74) is 0. The molecule has 0 aromatic carbocycles. The molecule has 0 aliphatic heterocycles. The smallest absolute Gasteiger partial charge is 0.305 e. The molecule has 2 atom stereocenters. The summed E-state index contributed by atoms with van der Waals surface area (Å²) in [4.78, 5) is 24.5. The first-order valence-electron chi connectivity index (χ1n) is 28.9. The van der Waals surface area contributed by atoms with Crippen LogP contribution in [-0.4, -0.2) is 47.4 Å². The number of hydrogen-bond donors (Lipinski definition) is 3. The number of rotatable bonds is 53. The maximum atomic E-state index is 12.4. The van der Waals surface area contributed by atoms with Gasteiger partial charge in [-0.15, -0.1) is 0 Å². The number of esters is 1. The van der Waals surface area contributed by atoms with Gasteiger partial charge in [0.15, 0.2) is 0 Å². The van der Waals surface area contributed by atoms with Gasteiger partial charge in [0.25, 0.3) is 0 Å². The predicted octanol–water partition coefficient (Wildman–Crippen LogP) is 17.8. The molecule has 386 valence electrons. The SMILES string of the molecule is CCCCC/C=C\C/C=C\CCCCCCCCCC(=O)OCCCCCCCCCCC/C=C\CCCCCCCCCC(=O)NC(CO)C(O)/C=C/CCCCCCCCCCCC. The Labute approximate surface area is 410 Å². The monoisotopic (exact) mass is 926 g/mol. The van der Waals surface area contributed by atoms with Gasteiger partial charge in [-0.2, -0.15) is 0 Å². The van der Waals surface area contributed by atoms with E-state index in [1.165, 1.54) is 212 Å². The van der Waals surface area contributed by atoms with Gasteiger partial charge in [0, 0.05) is 12.8 Å². The number of allylic oxidation sites excluding steroid dienone is 7. The zero-order valence-electron chi connectivity index (χ0n) is 43.9. The maximum absolute atomic E-state index is 12.4. The van der Waals surface area contributed by atoms with E-state index in [2.05, 4.69) is 55.6 Å². The summed E-state index contributed by atoms with van der Waals surface area (Å²) in [7, 11) is 0. The van der Waals surface area contributed by atoms with Crippen molar-refractivity contribution in [2.24, 2.45) is 0 Å². The highest BCUT2D eigenvalue weighted by atomic mass is 16.5. The van der Waals surface area contributed by atoms with Gasteiger partial charge in [-0.25, -0.2) is 0 Å². The lowest BCUT2D eigenvalue weighted by Crippen LogP contribution is -2.45. The Balaban J connectivity index is 3.45. The molecule has 1 amide bonds. The summed E-state index contributed by atoms with van der Waals surface area (Å²) in [5.74, 6) is -0.0810. The van der Waals surface area contributed by atoms with Crippen molar-refractivity contribution in [1.29, 1.82) is 0 Å². The van der Waals surface area contributed by atoms with Crippen molar-refractivity contribution in [3.8, 4) is 0 Å². The number of unbranched alkanes of at least 4 members (excludes halogenated alkanes) is 36. The highest BCUT2D eigenvalue weighted by Crippen LogP contribution is 2.15. The van der Waals surface area contributed by atoms with Crippen LogP contribution in [0, 0.1) is 0 Å². The standard InChI is InChI=1S/C60H111NO5/c1-3-5-7-9-11-13-15-17-18-23-27-30-34-38-42-46-50-54-60(65)66-55-51-47-43-39-35-31-28-25-22-20-19-21-24-26-29-33-37-41-45-49-53-59(64)61-57(56-62)58(63)52-48-44-40-36-32-16-14-12-10-8-6-4-2/h11,13,17-19,21,48,52,57-58,62-63H,3-10,12,14-16,20,22-47,49-51,53-56H2,1-2H3,(H,61,64)/b13-11-,18-17-,21-19-,52-48+. The fourth-order valence-electron chi connectivity index (χ4n) is 8.60. The van der Waals surface area contributed by atoms with Gasteiger partial charge in [-0.1, -0.05) is 242 Å². The van der Waals surface area contributed by atoms with E-state index < -0.39 is 12.1 Å². The minimum absolute atomic E-state index is 0.00286. The predicted molar refractivity (Wildman–Crippen MR) is 287 cm³/mol. The number of ether oxygens (including phenoxy) is 1. The van der Waals surface area contributed by atoms with Crippen LogP contribution in [0.25, 0.3) is 0 Å². The first-order chi connectivity index (χ1) is 32.5. The van der Waals surface area contributed by atoms with Gasteiger partial charge in [0.2, 0.25) is 5.91 Å². The lowest BCUT2D eigenvalue weighted by molar-refractivity contribution is -0.143. The molecular formula is C60H111NO5. The van der Waals surface area contributed by atoms with E-state index >= 15 is 0 Å². The van der Waals surface area contributed by atoms with Gasteiger partial charge in [-0.3, -0.25) is 9.59 Å². The van der Waals surface area contributed by atoms with E-state index in [0.29, 0.717) is 19.4 Å². The van der Waals surface area contributed by atoms with E-state index in [1.54, 1.807) is 6.08 Å². The third-order valence-corrected chi connectivity index (χ3v) is 13.1. The van der Waals surface area contributed by atoms with Crippen LogP contribution in [0.15, 0.2) is 48.6 Å².